The van der Waals surface area contributed by atoms with Crippen molar-refractivity contribution in [1.29, 1.82) is 0 Å². The molecule has 0 aromatic heterocycles. The molecule has 0 amide bonds. The zero-order chi connectivity index (χ0) is 27.0. The summed E-state index contributed by atoms with van der Waals surface area (Å²) in [7, 11) is -1.10. The normalized spacial score (nSPS) is 11.2. The van der Waals surface area contributed by atoms with Crippen LogP contribution in [0.5, 0.6) is 23.0 Å². The van der Waals surface area contributed by atoms with Crippen LogP contribution in [0.1, 0.15) is 34.0 Å². The van der Waals surface area contributed by atoms with Crippen molar-refractivity contribution in [2.24, 2.45) is 5.14 Å². The van der Waals surface area contributed by atoms with Gasteiger partial charge in [0.2, 0.25) is 0 Å². The minimum atomic E-state index is -4.25. The van der Waals surface area contributed by atoms with Crippen molar-refractivity contribution in [2.75, 3.05) is 14.2 Å². The Hall–Kier alpha value is -4.19. The van der Waals surface area contributed by atoms with Crippen LogP contribution in [0.3, 0.4) is 0 Å². The van der Waals surface area contributed by atoms with E-state index < -0.39 is 28.8 Å². The van der Waals surface area contributed by atoms with Crippen molar-refractivity contribution >= 4 is 34.4 Å². The molecule has 0 radical (unpaired) electrons. The van der Waals surface area contributed by atoms with Crippen molar-refractivity contribution in [3.63, 3.8) is 0 Å². The lowest BCUT2D eigenvalue weighted by Crippen LogP contribution is -2.18. The van der Waals surface area contributed by atoms with E-state index >= 15 is 0 Å². The van der Waals surface area contributed by atoms with Crippen LogP contribution in [-0.4, -0.2) is 34.6 Å². The molecule has 0 spiro atoms. The van der Waals surface area contributed by atoms with Crippen LogP contribution in [0.15, 0.2) is 60.7 Å². The van der Waals surface area contributed by atoms with Crippen LogP contribution < -0.4 is 24.1 Å². The Kier molecular flexibility index (Phi) is 9.01. The van der Waals surface area contributed by atoms with Crippen LogP contribution >= 0.6 is 0 Å². The summed E-state index contributed by atoms with van der Waals surface area (Å²) in [6.07, 6.45) is 3.75. The van der Waals surface area contributed by atoms with Crippen molar-refractivity contribution in [2.45, 2.75) is 13.5 Å². The quantitative estimate of drug-likeness (QED) is 0.237. The molecule has 0 atom stereocenters. The first-order valence-electron chi connectivity index (χ1n) is 10.8. The largest absolute Gasteiger partial charge is 0.497 e. The van der Waals surface area contributed by atoms with E-state index in [0.29, 0.717) is 11.5 Å². The smallest absolute Gasteiger partial charge is 0.344 e. The van der Waals surface area contributed by atoms with Crippen LogP contribution in [0.2, 0.25) is 0 Å². The molecular formula is C26H25NO9S. The number of nitrogens with two attached hydrogens (primary N) is 1. The molecule has 0 saturated carbocycles. The summed E-state index contributed by atoms with van der Waals surface area (Å²) in [5.74, 6) is 0.230. The SMILES string of the molecule is COc1cc(C=Cc2ccc(OC(=O)c3cc(OC(C)=O)ccc3COS(N)(=O)=O)cc2)cc(OC)c1. The fourth-order valence-electron chi connectivity index (χ4n) is 3.17. The van der Waals surface area contributed by atoms with Crippen LogP contribution in [-0.2, 0) is 25.9 Å². The lowest BCUT2D eigenvalue weighted by Gasteiger charge is -2.11. The van der Waals surface area contributed by atoms with Gasteiger partial charge in [0.15, 0.2) is 0 Å². The first kappa shape index (κ1) is 27.4. The average molecular weight is 528 g/mol. The predicted octanol–water partition coefficient (Wildman–Crippen LogP) is 3.74. The third-order valence-corrected chi connectivity index (χ3v) is 5.32. The van der Waals surface area contributed by atoms with Crippen molar-refractivity contribution in [1.82, 2.24) is 0 Å². The number of methoxy groups -OCH3 is 2. The van der Waals surface area contributed by atoms with Gasteiger partial charge in [-0.1, -0.05) is 30.4 Å². The van der Waals surface area contributed by atoms with Gasteiger partial charge in [0.05, 0.1) is 26.4 Å². The third kappa shape index (κ3) is 8.46. The van der Waals surface area contributed by atoms with Gasteiger partial charge in [-0.05, 0) is 53.1 Å². The first-order valence-corrected chi connectivity index (χ1v) is 12.3. The minimum Gasteiger partial charge on any atom is -0.497 e. The molecule has 0 unspecified atom stereocenters. The number of ether oxygens (including phenoxy) is 4. The summed E-state index contributed by atoms with van der Waals surface area (Å²) < 4.78 is 48.0. The second-order valence-corrected chi connectivity index (χ2v) is 8.83. The average Bonchev–Trinajstić information content (AvgIpc) is 2.86. The number of carbonyl (C=O) groups excluding carboxylic acids is 2. The second-order valence-electron chi connectivity index (χ2n) is 7.61. The van der Waals surface area contributed by atoms with Gasteiger partial charge in [-0.15, -0.1) is 0 Å². The highest BCUT2D eigenvalue weighted by molar-refractivity contribution is 7.84. The summed E-state index contributed by atoms with van der Waals surface area (Å²) in [6.45, 7) is 0.694. The Morgan fingerprint density at radius 1 is 0.784 bits per heavy atom. The second kappa shape index (κ2) is 12.2. The summed E-state index contributed by atoms with van der Waals surface area (Å²) >= 11 is 0. The molecule has 10 nitrogen and oxygen atoms in total. The van der Waals surface area contributed by atoms with Gasteiger partial charge in [0.1, 0.15) is 23.0 Å². The molecule has 0 aliphatic rings. The fourth-order valence-corrected chi connectivity index (χ4v) is 3.46. The molecule has 2 N–H and O–H groups in total. The lowest BCUT2D eigenvalue weighted by atomic mass is 10.1. The van der Waals surface area contributed by atoms with Gasteiger partial charge in [-0.25, -0.2) is 9.93 Å². The number of rotatable bonds is 10. The van der Waals surface area contributed by atoms with E-state index in [-0.39, 0.29) is 22.6 Å². The summed E-state index contributed by atoms with van der Waals surface area (Å²) in [5, 5.41) is 4.88. The zero-order valence-electron chi connectivity index (χ0n) is 20.3. The number of hydrogen-bond donors (Lipinski definition) is 1. The van der Waals surface area contributed by atoms with Crippen LogP contribution in [0.25, 0.3) is 12.2 Å². The molecule has 0 heterocycles. The zero-order valence-corrected chi connectivity index (χ0v) is 21.1. The minimum absolute atomic E-state index is 0.0571. The molecule has 0 aliphatic carbocycles. The summed E-state index contributed by atoms with van der Waals surface area (Å²) in [5.41, 5.74) is 1.82. The Labute approximate surface area is 214 Å². The third-order valence-electron chi connectivity index (χ3n) is 4.87. The van der Waals surface area contributed by atoms with Gasteiger partial charge < -0.3 is 18.9 Å². The van der Waals surface area contributed by atoms with Gasteiger partial charge in [0.25, 0.3) is 0 Å². The monoisotopic (exact) mass is 527 g/mol. The Bertz CT molecular complexity index is 1390. The molecular weight excluding hydrogens is 502 g/mol. The van der Waals surface area contributed by atoms with E-state index in [2.05, 4.69) is 4.18 Å². The van der Waals surface area contributed by atoms with Gasteiger partial charge >= 0.3 is 22.2 Å². The van der Waals surface area contributed by atoms with E-state index in [0.717, 1.165) is 11.1 Å². The van der Waals surface area contributed by atoms with E-state index in [9.17, 15) is 18.0 Å². The maximum Gasteiger partial charge on any atom is 0.344 e. The number of benzene rings is 3. The fraction of sp³-hybridized carbons (Fsp3) is 0.154. The molecule has 0 fully saturated rings. The maximum atomic E-state index is 12.9. The van der Waals surface area contributed by atoms with Crippen molar-refractivity contribution in [3.8, 4) is 23.0 Å². The predicted molar refractivity (Wildman–Crippen MR) is 136 cm³/mol. The summed E-state index contributed by atoms with van der Waals surface area (Å²) in [6, 6.07) is 16.2. The topological polar surface area (TPSA) is 140 Å². The van der Waals surface area contributed by atoms with Crippen molar-refractivity contribution < 1.29 is 41.1 Å². The molecule has 3 rings (SSSR count). The first-order chi connectivity index (χ1) is 17.6. The Morgan fingerprint density at radius 3 is 1.95 bits per heavy atom. The maximum absolute atomic E-state index is 12.9. The highest BCUT2D eigenvalue weighted by Crippen LogP contribution is 2.25. The molecule has 11 heteroatoms. The molecule has 0 aliphatic heterocycles. The molecule has 37 heavy (non-hydrogen) atoms. The van der Waals surface area contributed by atoms with Gasteiger partial charge in [-0.3, -0.25) is 8.98 Å². The number of esters is 2. The van der Waals surface area contributed by atoms with Crippen LogP contribution in [0, 0.1) is 0 Å². The Morgan fingerprint density at radius 2 is 1.38 bits per heavy atom. The van der Waals surface area contributed by atoms with Gasteiger partial charge in [0, 0.05) is 13.0 Å². The molecule has 0 bridgehead atoms. The lowest BCUT2D eigenvalue weighted by molar-refractivity contribution is -0.131. The molecule has 3 aromatic carbocycles. The number of hydrogen-bond acceptors (Lipinski definition) is 9. The number of carbonyl (C=O) groups is 2. The van der Waals surface area contributed by atoms with E-state index in [4.69, 9.17) is 24.1 Å². The van der Waals surface area contributed by atoms with E-state index in [1.807, 2.05) is 24.3 Å². The van der Waals surface area contributed by atoms with Gasteiger partial charge in [-0.2, -0.15) is 8.42 Å². The van der Waals surface area contributed by atoms with E-state index in [1.165, 1.54) is 25.1 Å². The highest BCUT2D eigenvalue weighted by atomic mass is 32.2. The molecule has 194 valence electrons. The molecule has 0 saturated heterocycles. The standard InChI is InChI=1S/C26H25NO9S/c1-17(28)35-22-11-8-20(16-34-37(27,30)31)25(15-22)26(29)36-21-9-6-18(7-10-21)4-5-19-12-23(32-2)14-24(13-19)33-3/h4-15H,16H2,1-3H3,(H2,27,30,31). The summed E-state index contributed by atoms with van der Waals surface area (Å²) in [4.78, 5) is 24.2. The highest BCUT2D eigenvalue weighted by Gasteiger charge is 2.18. The molecule has 3 aromatic rings. The van der Waals surface area contributed by atoms with Crippen LogP contribution in [0.4, 0.5) is 0 Å². The van der Waals surface area contributed by atoms with E-state index in [1.54, 1.807) is 44.6 Å². The Balaban J connectivity index is 1.77. The van der Waals surface area contributed by atoms with Crippen molar-refractivity contribution in [3.05, 3.63) is 82.9 Å².